The zero-order chi connectivity index (χ0) is 18.1. The van der Waals surface area contributed by atoms with Gasteiger partial charge in [0.05, 0.1) is 11.2 Å². The predicted octanol–water partition coefficient (Wildman–Crippen LogP) is 6.07. The van der Waals surface area contributed by atoms with Gasteiger partial charge in [0.2, 0.25) is 0 Å². The highest BCUT2D eigenvalue weighted by atomic mass is 79.9. The molecule has 4 rings (SSSR count). The van der Waals surface area contributed by atoms with Gasteiger partial charge in [0.15, 0.2) is 0 Å². The van der Waals surface area contributed by atoms with E-state index in [1.54, 1.807) is 11.8 Å². The van der Waals surface area contributed by atoms with E-state index in [1.165, 1.54) is 16.7 Å². The van der Waals surface area contributed by atoms with Crippen LogP contribution in [-0.4, -0.2) is 14.6 Å². The summed E-state index contributed by atoms with van der Waals surface area (Å²) < 4.78 is 2.98. The summed E-state index contributed by atoms with van der Waals surface area (Å²) in [5, 5.41) is 5.71. The number of hydrogen-bond acceptors (Lipinski definition) is 3. The molecular formula is C21H18BrN3S. The van der Waals surface area contributed by atoms with Crippen LogP contribution in [-0.2, 0) is 5.75 Å². The SMILES string of the molecule is Cc1ccc(CSc2nccn3nc(-c4ccc(Br)cc4)cc23)c(C)c1. The summed E-state index contributed by atoms with van der Waals surface area (Å²) in [4.78, 5) is 4.58. The van der Waals surface area contributed by atoms with E-state index in [2.05, 4.69) is 71.2 Å². The lowest BCUT2D eigenvalue weighted by Gasteiger charge is -2.07. The van der Waals surface area contributed by atoms with Crippen LogP contribution in [0.4, 0.5) is 0 Å². The van der Waals surface area contributed by atoms with Gasteiger partial charge in [-0.25, -0.2) is 9.50 Å². The zero-order valence-electron chi connectivity index (χ0n) is 14.6. The molecule has 0 amide bonds. The maximum absolute atomic E-state index is 4.71. The summed E-state index contributed by atoms with van der Waals surface area (Å²) >= 11 is 5.23. The van der Waals surface area contributed by atoms with Crippen LogP contribution in [0.3, 0.4) is 0 Å². The molecule has 2 aromatic carbocycles. The molecule has 0 radical (unpaired) electrons. The molecule has 0 saturated carbocycles. The third-order valence-electron chi connectivity index (χ3n) is 4.36. The number of fused-ring (bicyclic) bond motifs is 1. The molecular weight excluding hydrogens is 406 g/mol. The van der Waals surface area contributed by atoms with Gasteiger partial charge >= 0.3 is 0 Å². The number of nitrogens with zero attached hydrogens (tertiary/aromatic N) is 3. The minimum Gasteiger partial charge on any atom is -0.246 e. The van der Waals surface area contributed by atoms with E-state index in [0.29, 0.717) is 0 Å². The fourth-order valence-electron chi connectivity index (χ4n) is 2.92. The number of rotatable bonds is 4. The molecule has 0 saturated heterocycles. The molecule has 130 valence electrons. The van der Waals surface area contributed by atoms with Crippen molar-refractivity contribution in [3.63, 3.8) is 0 Å². The highest BCUT2D eigenvalue weighted by molar-refractivity contribution is 9.10. The number of halogens is 1. The van der Waals surface area contributed by atoms with Crippen molar-refractivity contribution in [2.45, 2.75) is 24.6 Å². The molecule has 0 N–H and O–H groups in total. The molecule has 0 spiro atoms. The lowest BCUT2D eigenvalue weighted by molar-refractivity contribution is 0.920. The molecule has 0 aliphatic rings. The second-order valence-electron chi connectivity index (χ2n) is 6.32. The Balaban J connectivity index is 1.64. The Morgan fingerprint density at radius 1 is 1.04 bits per heavy atom. The highest BCUT2D eigenvalue weighted by Crippen LogP contribution is 2.29. The highest BCUT2D eigenvalue weighted by Gasteiger charge is 2.10. The van der Waals surface area contributed by atoms with Crippen LogP contribution in [0.5, 0.6) is 0 Å². The average molecular weight is 424 g/mol. The van der Waals surface area contributed by atoms with Crippen LogP contribution in [0, 0.1) is 13.8 Å². The minimum atomic E-state index is 0.900. The van der Waals surface area contributed by atoms with Crippen LogP contribution in [0.2, 0.25) is 0 Å². The largest absolute Gasteiger partial charge is 0.246 e. The van der Waals surface area contributed by atoms with Crippen molar-refractivity contribution in [3.05, 3.63) is 82.1 Å². The summed E-state index contributed by atoms with van der Waals surface area (Å²) in [6, 6.07) is 16.9. The van der Waals surface area contributed by atoms with Crippen molar-refractivity contribution in [3.8, 4) is 11.3 Å². The molecule has 0 atom stereocenters. The average Bonchev–Trinajstić information content (AvgIpc) is 3.06. The molecule has 26 heavy (non-hydrogen) atoms. The Labute approximate surface area is 165 Å². The van der Waals surface area contributed by atoms with E-state index in [4.69, 9.17) is 5.10 Å². The normalized spacial score (nSPS) is 11.2. The lowest BCUT2D eigenvalue weighted by Crippen LogP contribution is -1.92. The summed E-state index contributed by atoms with van der Waals surface area (Å²) in [5.74, 6) is 0.900. The number of thioether (sulfide) groups is 1. The van der Waals surface area contributed by atoms with Crippen molar-refractivity contribution in [2.24, 2.45) is 0 Å². The number of benzene rings is 2. The molecule has 2 heterocycles. The maximum Gasteiger partial charge on any atom is 0.122 e. The first-order chi connectivity index (χ1) is 12.6. The van der Waals surface area contributed by atoms with Gasteiger partial charge in [-0.3, -0.25) is 0 Å². The Bertz CT molecular complexity index is 1070. The number of hydrogen-bond donors (Lipinski definition) is 0. The smallest absolute Gasteiger partial charge is 0.122 e. The molecule has 0 bridgehead atoms. The first-order valence-electron chi connectivity index (χ1n) is 8.39. The van der Waals surface area contributed by atoms with Crippen LogP contribution in [0.25, 0.3) is 16.8 Å². The minimum absolute atomic E-state index is 0.900. The summed E-state index contributed by atoms with van der Waals surface area (Å²) in [7, 11) is 0. The Morgan fingerprint density at radius 3 is 2.62 bits per heavy atom. The van der Waals surface area contributed by atoms with Gasteiger partial charge in [-0.15, -0.1) is 0 Å². The van der Waals surface area contributed by atoms with Gasteiger partial charge in [0.1, 0.15) is 5.03 Å². The number of aryl methyl sites for hydroxylation is 2. The monoisotopic (exact) mass is 423 g/mol. The molecule has 0 aliphatic carbocycles. The summed E-state index contributed by atoms with van der Waals surface area (Å²) in [6.07, 6.45) is 3.72. The number of aromatic nitrogens is 3. The van der Waals surface area contributed by atoms with Gasteiger partial charge < -0.3 is 0 Å². The lowest BCUT2D eigenvalue weighted by atomic mass is 10.1. The van der Waals surface area contributed by atoms with Crippen molar-refractivity contribution in [2.75, 3.05) is 0 Å². The van der Waals surface area contributed by atoms with Crippen molar-refractivity contribution < 1.29 is 0 Å². The molecule has 2 aromatic heterocycles. The third kappa shape index (κ3) is 3.55. The van der Waals surface area contributed by atoms with Gasteiger partial charge in [0.25, 0.3) is 0 Å². The quantitative estimate of drug-likeness (QED) is 0.373. The molecule has 4 aromatic rings. The van der Waals surface area contributed by atoms with Crippen LogP contribution in [0.15, 0.2) is 70.4 Å². The van der Waals surface area contributed by atoms with Crippen LogP contribution >= 0.6 is 27.7 Å². The molecule has 0 aliphatic heterocycles. The van der Waals surface area contributed by atoms with E-state index in [9.17, 15) is 0 Å². The topological polar surface area (TPSA) is 30.2 Å². The Hall–Kier alpha value is -2.11. The second-order valence-corrected chi connectivity index (χ2v) is 8.20. The van der Waals surface area contributed by atoms with Gasteiger partial charge in [-0.05, 0) is 43.2 Å². The fraction of sp³-hybridized carbons (Fsp3) is 0.143. The maximum atomic E-state index is 4.71. The van der Waals surface area contributed by atoms with Gasteiger partial charge in [-0.1, -0.05) is 63.6 Å². The Kier molecular flexibility index (Phi) is 4.83. The van der Waals surface area contributed by atoms with Crippen molar-refractivity contribution in [1.82, 2.24) is 14.6 Å². The first kappa shape index (κ1) is 17.3. The first-order valence-corrected chi connectivity index (χ1v) is 10.2. The molecule has 0 fully saturated rings. The predicted molar refractivity (Wildman–Crippen MR) is 112 cm³/mol. The van der Waals surface area contributed by atoms with Crippen LogP contribution in [0.1, 0.15) is 16.7 Å². The second kappa shape index (κ2) is 7.25. The zero-order valence-corrected chi connectivity index (χ0v) is 17.0. The summed E-state index contributed by atoms with van der Waals surface area (Å²) in [6.45, 7) is 4.30. The molecule has 3 nitrogen and oxygen atoms in total. The van der Waals surface area contributed by atoms with Gasteiger partial charge in [-0.2, -0.15) is 5.10 Å². The van der Waals surface area contributed by atoms with E-state index >= 15 is 0 Å². The molecule has 0 unspecified atom stereocenters. The van der Waals surface area contributed by atoms with Crippen molar-refractivity contribution in [1.29, 1.82) is 0 Å². The van der Waals surface area contributed by atoms with E-state index in [0.717, 1.165) is 32.0 Å². The van der Waals surface area contributed by atoms with E-state index in [-0.39, 0.29) is 0 Å². The Morgan fingerprint density at radius 2 is 1.85 bits per heavy atom. The van der Waals surface area contributed by atoms with Crippen LogP contribution < -0.4 is 0 Å². The standard InChI is InChI=1S/C21H18BrN3S/c1-14-3-4-17(15(2)11-14)13-26-21-20-12-19(24-25(20)10-9-23-21)16-5-7-18(22)8-6-16/h3-12H,13H2,1-2H3. The molecule has 5 heteroatoms. The third-order valence-corrected chi connectivity index (χ3v) is 5.93. The van der Waals surface area contributed by atoms with Gasteiger partial charge in [0, 0.05) is 28.2 Å². The van der Waals surface area contributed by atoms with Crippen molar-refractivity contribution >= 4 is 33.2 Å². The van der Waals surface area contributed by atoms with E-state index < -0.39 is 0 Å². The van der Waals surface area contributed by atoms with E-state index in [1.807, 2.05) is 29.0 Å². The fourth-order valence-corrected chi connectivity index (χ4v) is 4.24. The summed E-state index contributed by atoms with van der Waals surface area (Å²) in [5.41, 5.74) is 7.07.